The van der Waals surface area contributed by atoms with Crippen molar-refractivity contribution in [2.24, 2.45) is 4.99 Å². The molecule has 1 aliphatic heterocycles. The molecule has 2 heterocycles. The summed E-state index contributed by atoms with van der Waals surface area (Å²) in [6, 6.07) is 17.2. The molecular weight excluding hydrogens is 374 g/mol. The molecule has 140 valence electrons. The first-order valence-corrected chi connectivity index (χ1v) is 9.59. The summed E-state index contributed by atoms with van der Waals surface area (Å²) in [7, 11) is 0. The number of aliphatic hydroxyl groups is 1. The highest BCUT2D eigenvalue weighted by Gasteiger charge is 2.33. The fraction of sp³-hybridized carbons (Fsp3) is 0.0909. The van der Waals surface area contributed by atoms with Crippen LogP contribution in [-0.2, 0) is 9.53 Å². The van der Waals surface area contributed by atoms with E-state index in [-0.39, 0.29) is 17.9 Å². The van der Waals surface area contributed by atoms with Gasteiger partial charge < -0.3 is 14.3 Å². The number of carbonyl (C=O) groups is 1. The zero-order chi connectivity index (χ0) is 19.5. The molecule has 0 saturated heterocycles. The highest BCUT2D eigenvalue weighted by molar-refractivity contribution is 8.18. The molecule has 1 aliphatic rings. The van der Waals surface area contributed by atoms with Crippen molar-refractivity contribution in [3.05, 3.63) is 82.9 Å². The van der Waals surface area contributed by atoms with Crippen molar-refractivity contribution < 1.29 is 19.1 Å². The highest BCUT2D eigenvalue weighted by Crippen LogP contribution is 2.41. The molecule has 0 fully saturated rings. The van der Waals surface area contributed by atoms with Crippen molar-refractivity contribution in [1.29, 1.82) is 0 Å². The molecule has 0 atom stereocenters. The summed E-state index contributed by atoms with van der Waals surface area (Å²) in [4.78, 5) is 17.7. The lowest BCUT2D eigenvalue weighted by molar-refractivity contribution is -0.138. The molecule has 0 radical (unpaired) electrons. The van der Waals surface area contributed by atoms with E-state index in [1.54, 1.807) is 31.4 Å². The zero-order valence-corrected chi connectivity index (χ0v) is 15.9. The van der Waals surface area contributed by atoms with Gasteiger partial charge in [-0.1, -0.05) is 48.2 Å². The zero-order valence-electron chi connectivity index (χ0n) is 15.1. The number of rotatable bonds is 4. The van der Waals surface area contributed by atoms with E-state index in [4.69, 9.17) is 14.1 Å². The van der Waals surface area contributed by atoms with Crippen LogP contribution in [0.25, 0.3) is 16.8 Å². The monoisotopic (exact) mass is 391 g/mol. The number of furan rings is 1. The SMILES string of the molecule is CCOC(=O)C1=C(O)/C(=C\c2ccco2)SC1=Nc1cccc2ccccc12. The largest absolute Gasteiger partial charge is 0.506 e. The highest BCUT2D eigenvalue weighted by atomic mass is 32.2. The first-order valence-electron chi connectivity index (χ1n) is 8.78. The first-order chi connectivity index (χ1) is 13.7. The average Bonchev–Trinajstić information content (AvgIpc) is 3.31. The van der Waals surface area contributed by atoms with Gasteiger partial charge in [0.05, 0.1) is 23.5 Å². The fourth-order valence-electron chi connectivity index (χ4n) is 2.91. The van der Waals surface area contributed by atoms with Gasteiger partial charge in [0, 0.05) is 5.39 Å². The molecule has 0 amide bonds. The molecule has 1 N–H and O–H groups in total. The van der Waals surface area contributed by atoms with Crippen molar-refractivity contribution in [3.63, 3.8) is 0 Å². The Hall–Kier alpha value is -3.25. The summed E-state index contributed by atoms with van der Waals surface area (Å²) in [5.41, 5.74) is 0.784. The molecule has 0 unspecified atom stereocenters. The van der Waals surface area contributed by atoms with E-state index in [1.807, 2.05) is 42.5 Å². The summed E-state index contributed by atoms with van der Waals surface area (Å²) < 4.78 is 10.5. The molecule has 0 spiro atoms. The topological polar surface area (TPSA) is 72.0 Å². The second-order valence-electron chi connectivity index (χ2n) is 5.99. The molecule has 0 bridgehead atoms. The van der Waals surface area contributed by atoms with Crippen LogP contribution >= 0.6 is 11.8 Å². The maximum atomic E-state index is 12.5. The maximum Gasteiger partial charge on any atom is 0.344 e. The Kier molecular flexibility index (Phi) is 5.04. The minimum absolute atomic E-state index is 0.0672. The third kappa shape index (κ3) is 3.46. The number of ether oxygens (including phenoxy) is 1. The van der Waals surface area contributed by atoms with Crippen LogP contribution < -0.4 is 0 Å². The van der Waals surface area contributed by atoms with Gasteiger partial charge in [-0.2, -0.15) is 0 Å². The van der Waals surface area contributed by atoms with Crippen molar-refractivity contribution in [2.45, 2.75) is 6.92 Å². The van der Waals surface area contributed by atoms with Gasteiger partial charge in [-0.25, -0.2) is 9.79 Å². The van der Waals surface area contributed by atoms with Crippen LogP contribution in [-0.4, -0.2) is 22.7 Å². The van der Waals surface area contributed by atoms with Gasteiger partial charge in [0.25, 0.3) is 0 Å². The van der Waals surface area contributed by atoms with E-state index < -0.39 is 5.97 Å². The number of fused-ring (bicyclic) bond motifs is 1. The number of hydrogen-bond donors (Lipinski definition) is 1. The van der Waals surface area contributed by atoms with E-state index in [9.17, 15) is 9.90 Å². The van der Waals surface area contributed by atoms with Crippen LogP contribution in [0.5, 0.6) is 0 Å². The average molecular weight is 391 g/mol. The van der Waals surface area contributed by atoms with E-state index in [0.717, 1.165) is 16.5 Å². The Balaban J connectivity index is 1.82. The predicted molar refractivity (Wildman–Crippen MR) is 112 cm³/mol. The van der Waals surface area contributed by atoms with Crippen molar-refractivity contribution in [2.75, 3.05) is 6.61 Å². The fourth-order valence-corrected chi connectivity index (χ4v) is 3.92. The minimum Gasteiger partial charge on any atom is -0.506 e. The van der Waals surface area contributed by atoms with Gasteiger partial charge in [-0.3, -0.25) is 0 Å². The summed E-state index contributed by atoms with van der Waals surface area (Å²) >= 11 is 1.21. The van der Waals surface area contributed by atoms with Gasteiger partial charge in [0.1, 0.15) is 22.1 Å². The molecule has 28 heavy (non-hydrogen) atoms. The minimum atomic E-state index is -0.602. The standard InChI is InChI=1S/C22H17NO4S/c1-2-26-22(25)19-20(24)18(13-15-9-6-12-27-15)28-21(19)23-17-11-5-8-14-7-3-4-10-16(14)17/h3-13,24H,2H2,1H3/b18-13+,23-21?. The van der Waals surface area contributed by atoms with Crippen LogP contribution in [0.3, 0.4) is 0 Å². The number of thioether (sulfide) groups is 1. The van der Waals surface area contributed by atoms with Crippen LogP contribution in [0.1, 0.15) is 12.7 Å². The molecule has 2 aromatic carbocycles. The predicted octanol–water partition coefficient (Wildman–Crippen LogP) is 5.63. The molecule has 6 heteroatoms. The molecule has 1 aromatic heterocycles. The number of hydrogen-bond acceptors (Lipinski definition) is 6. The Labute approximate surface area is 166 Å². The van der Waals surface area contributed by atoms with E-state index >= 15 is 0 Å². The number of nitrogens with zero attached hydrogens (tertiary/aromatic N) is 1. The van der Waals surface area contributed by atoms with E-state index in [1.165, 1.54) is 11.8 Å². The third-order valence-electron chi connectivity index (χ3n) is 4.18. The van der Waals surface area contributed by atoms with Crippen LogP contribution in [0.2, 0.25) is 0 Å². The molecule has 3 aromatic rings. The van der Waals surface area contributed by atoms with Gasteiger partial charge in [-0.15, -0.1) is 0 Å². The second kappa shape index (κ2) is 7.78. The first kappa shape index (κ1) is 18.1. The molecule has 0 saturated carbocycles. The van der Waals surface area contributed by atoms with Gasteiger partial charge in [-0.05, 0) is 36.6 Å². The number of aliphatic imine (C=N–C) groups is 1. The smallest absolute Gasteiger partial charge is 0.344 e. The van der Waals surface area contributed by atoms with E-state index in [2.05, 4.69) is 0 Å². The lowest BCUT2D eigenvalue weighted by Gasteiger charge is -2.05. The van der Waals surface area contributed by atoms with Crippen LogP contribution in [0, 0.1) is 0 Å². The normalized spacial score (nSPS) is 17.0. The van der Waals surface area contributed by atoms with E-state index in [0.29, 0.717) is 15.7 Å². The number of aliphatic hydroxyl groups excluding tert-OH is 1. The summed E-state index contributed by atoms with van der Waals surface area (Å²) in [5, 5.41) is 13.1. The molecule has 5 nitrogen and oxygen atoms in total. The molecule has 0 aliphatic carbocycles. The number of esters is 1. The number of carbonyl (C=O) groups excluding carboxylic acids is 1. The number of benzene rings is 2. The Morgan fingerprint density at radius 3 is 2.79 bits per heavy atom. The van der Waals surface area contributed by atoms with Crippen molar-refractivity contribution in [3.8, 4) is 0 Å². The van der Waals surface area contributed by atoms with Gasteiger partial charge in [0.15, 0.2) is 0 Å². The molecular formula is C22H17NO4S. The van der Waals surface area contributed by atoms with Gasteiger partial charge in [0.2, 0.25) is 0 Å². The lowest BCUT2D eigenvalue weighted by atomic mass is 10.1. The second-order valence-corrected chi connectivity index (χ2v) is 7.02. The summed E-state index contributed by atoms with van der Waals surface area (Å²) in [6.07, 6.45) is 3.22. The van der Waals surface area contributed by atoms with Crippen LogP contribution in [0.15, 0.2) is 86.5 Å². The van der Waals surface area contributed by atoms with Gasteiger partial charge >= 0.3 is 5.97 Å². The summed E-state index contributed by atoms with van der Waals surface area (Å²) in [6.45, 7) is 1.93. The lowest BCUT2D eigenvalue weighted by Crippen LogP contribution is -2.12. The Bertz CT molecular complexity index is 1120. The van der Waals surface area contributed by atoms with Crippen molar-refractivity contribution in [1.82, 2.24) is 0 Å². The molecule has 4 rings (SSSR count). The third-order valence-corrected chi connectivity index (χ3v) is 5.20. The summed E-state index contributed by atoms with van der Waals surface area (Å²) in [5.74, 6) is -0.183. The van der Waals surface area contributed by atoms with Crippen LogP contribution in [0.4, 0.5) is 5.69 Å². The quantitative estimate of drug-likeness (QED) is 0.584. The maximum absolute atomic E-state index is 12.5. The van der Waals surface area contributed by atoms with Crippen molar-refractivity contribution >= 4 is 45.3 Å². The Morgan fingerprint density at radius 2 is 2.00 bits per heavy atom. The Morgan fingerprint density at radius 1 is 1.18 bits per heavy atom.